The van der Waals surface area contributed by atoms with Crippen LogP contribution in [-0.2, 0) is 17.8 Å². The minimum absolute atomic E-state index is 0.0310. The van der Waals surface area contributed by atoms with Crippen molar-refractivity contribution in [2.75, 3.05) is 45.3 Å². The normalized spacial score (nSPS) is 13.1. The molecule has 1 aliphatic heterocycles. The lowest BCUT2D eigenvalue weighted by Crippen LogP contribution is -2.42. The molecule has 0 atom stereocenters. The average molecular weight is 474 g/mol. The molecule has 4 rings (SSSR count). The van der Waals surface area contributed by atoms with Crippen molar-refractivity contribution < 1.29 is 19.1 Å². The van der Waals surface area contributed by atoms with Crippen molar-refractivity contribution in [3.63, 3.8) is 0 Å². The van der Waals surface area contributed by atoms with Crippen LogP contribution in [0.4, 0.5) is 10.5 Å². The van der Waals surface area contributed by atoms with E-state index in [1.165, 1.54) is 5.56 Å². The van der Waals surface area contributed by atoms with Gasteiger partial charge in [-0.05, 0) is 29.7 Å². The summed E-state index contributed by atoms with van der Waals surface area (Å²) in [6.45, 7) is 2.04. The number of carbonyl (C=O) groups is 2. The maximum atomic E-state index is 13.4. The van der Waals surface area contributed by atoms with E-state index in [0.717, 1.165) is 12.0 Å². The highest BCUT2D eigenvalue weighted by Gasteiger charge is 2.33. The predicted octanol–water partition coefficient (Wildman–Crippen LogP) is 4.22. The van der Waals surface area contributed by atoms with Crippen LogP contribution < -0.4 is 14.4 Å². The fourth-order valence-electron chi connectivity index (χ4n) is 4.23. The van der Waals surface area contributed by atoms with Crippen molar-refractivity contribution >= 4 is 17.6 Å². The van der Waals surface area contributed by atoms with Crippen molar-refractivity contribution in [3.8, 4) is 11.5 Å². The van der Waals surface area contributed by atoms with E-state index >= 15 is 0 Å². The second kappa shape index (κ2) is 11.4. The van der Waals surface area contributed by atoms with Crippen molar-refractivity contribution in [1.82, 2.24) is 9.80 Å². The van der Waals surface area contributed by atoms with Crippen molar-refractivity contribution in [2.45, 2.75) is 13.0 Å². The van der Waals surface area contributed by atoms with Gasteiger partial charge in [0.2, 0.25) is 5.91 Å². The van der Waals surface area contributed by atoms with Gasteiger partial charge in [-0.2, -0.15) is 0 Å². The van der Waals surface area contributed by atoms with E-state index in [1.54, 1.807) is 42.2 Å². The van der Waals surface area contributed by atoms with Gasteiger partial charge in [0.05, 0.1) is 19.9 Å². The Morgan fingerprint density at radius 1 is 0.886 bits per heavy atom. The number of amides is 3. The van der Waals surface area contributed by atoms with Crippen LogP contribution in [0.15, 0.2) is 78.9 Å². The van der Waals surface area contributed by atoms with Gasteiger partial charge < -0.3 is 19.3 Å². The quantitative estimate of drug-likeness (QED) is 0.442. The third-order valence-electron chi connectivity index (χ3n) is 6.18. The van der Waals surface area contributed by atoms with Crippen molar-refractivity contribution in [3.05, 3.63) is 90.0 Å². The SMILES string of the molecule is COc1ccc(OC)c(N2CCN(CC(=O)N(CCc3ccccc3)Cc3ccccc3)C2=O)c1. The second-order valence-corrected chi connectivity index (χ2v) is 8.43. The molecule has 7 nitrogen and oxygen atoms in total. The molecule has 0 N–H and O–H groups in total. The molecule has 7 heteroatoms. The van der Waals surface area contributed by atoms with Crippen molar-refractivity contribution in [2.24, 2.45) is 0 Å². The summed E-state index contributed by atoms with van der Waals surface area (Å²) < 4.78 is 10.8. The molecule has 1 saturated heterocycles. The minimum Gasteiger partial charge on any atom is -0.497 e. The maximum Gasteiger partial charge on any atom is 0.325 e. The number of carbonyl (C=O) groups excluding carboxylic acids is 2. The molecule has 0 spiro atoms. The molecule has 0 bridgehead atoms. The first kappa shape index (κ1) is 24.1. The van der Waals surface area contributed by atoms with E-state index in [0.29, 0.717) is 43.4 Å². The molecular weight excluding hydrogens is 442 g/mol. The number of hydrogen-bond donors (Lipinski definition) is 0. The average Bonchev–Trinajstić information content (AvgIpc) is 3.26. The lowest BCUT2D eigenvalue weighted by molar-refractivity contribution is -0.132. The molecule has 35 heavy (non-hydrogen) atoms. The first-order valence-corrected chi connectivity index (χ1v) is 11.7. The fourth-order valence-corrected chi connectivity index (χ4v) is 4.23. The molecule has 0 saturated carbocycles. The zero-order valence-electron chi connectivity index (χ0n) is 20.2. The third kappa shape index (κ3) is 5.93. The van der Waals surface area contributed by atoms with Gasteiger partial charge in [-0.3, -0.25) is 9.69 Å². The molecule has 3 aromatic carbocycles. The number of anilines is 1. The topological polar surface area (TPSA) is 62.3 Å². The van der Waals surface area contributed by atoms with Crippen LogP contribution in [0, 0.1) is 0 Å². The summed E-state index contributed by atoms with van der Waals surface area (Å²) in [5.74, 6) is 1.15. The Morgan fingerprint density at radius 2 is 1.57 bits per heavy atom. The minimum atomic E-state index is -0.215. The smallest absolute Gasteiger partial charge is 0.325 e. The summed E-state index contributed by atoms with van der Waals surface area (Å²) in [5.41, 5.74) is 2.87. The Kier molecular flexibility index (Phi) is 7.88. The highest BCUT2D eigenvalue weighted by atomic mass is 16.5. The van der Waals surface area contributed by atoms with Gasteiger partial charge in [-0.1, -0.05) is 60.7 Å². The standard InChI is InChI=1S/C28H31N3O4/c1-34-24-13-14-26(35-2)25(19-24)31-18-17-30(28(31)33)21-27(32)29(20-23-11-7-4-8-12-23)16-15-22-9-5-3-6-10-22/h3-14,19H,15-18,20-21H2,1-2H3. The Balaban J connectivity index is 1.46. The summed E-state index contributed by atoms with van der Waals surface area (Å²) in [5, 5.41) is 0. The Morgan fingerprint density at radius 3 is 2.23 bits per heavy atom. The van der Waals surface area contributed by atoms with Crippen LogP contribution in [0.25, 0.3) is 0 Å². The number of ether oxygens (including phenoxy) is 2. The molecular formula is C28H31N3O4. The van der Waals surface area contributed by atoms with Gasteiger partial charge in [0.25, 0.3) is 0 Å². The van der Waals surface area contributed by atoms with Crippen LogP contribution in [0.5, 0.6) is 11.5 Å². The number of nitrogens with zero attached hydrogens (tertiary/aromatic N) is 3. The summed E-state index contributed by atoms with van der Waals surface area (Å²) in [7, 11) is 3.15. The van der Waals surface area contributed by atoms with Crippen molar-refractivity contribution in [1.29, 1.82) is 0 Å². The van der Waals surface area contributed by atoms with Crippen LogP contribution in [0.1, 0.15) is 11.1 Å². The van der Waals surface area contributed by atoms with E-state index < -0.39 is 0 Å². The van der Waals surface area contributed by atoms with Gasteiger partial charge in [0.1, 0.15) is 18.0 Å². The summed E-state index contributed by atoms with van der Waals surface area (Å²) in [4.78, 5) is 31.7. The Bertz CT molecular complexity index is 1140. The van der Waals surface area contributed by atoms with Gasteiger partial charge in [-0.25, -0.2) is 4.79 Å². The zero-order valence-corrected chi connectivity index (χ0v) is 20.2. The lowest BCUT2D eigenvalue weighted by Gasteiger charge is -2.26. The summed E-state index contributed by atoms with van der Waals surface area (Å²) in [6, 6.07) is 25.2. The second-order valence-electron chi connectivity index (χ2n) is 8.43. The fraction of sp³-hybridized carbons (Fsp3) is 0.286. The van der Waals surface area contributed by atoms with Gasteiger partial charge in [0, 0.05) is 32.2 Å². The Labute approximate surface area is 206 Å². The number of hydrogen-bond acceptors (Lipinski definition) is 4. The molecule has 1 aliphatic rings. The molecule has 1 fully saturated rings. The molecule has 3 aromatic rings. The number of rotatable bonds is 10. The molecule has 0 unspecified atom stereocenters. The van der Waals surface area contributed by atoms with Gasteiger partial charge >= 0.3 is 6.03 Å². The monoisotopic (exact) mass is 473 g/mol. The van der Waals surface area contributed by atoms with Crippen LogP contribution >= 0.6 is 0 Å². The van der Waals surface area contributed by atoms with Crippen LogP contribution in [0.2, 0.25) is 0 Å². The molecule has 182 valence electrons. The zero-order chi connectivity index (χ0) is 24.6. The highest BCUT2D eigenvalue weighted by Crippen LogP contribution is 2.34. The van der Waals surface area contributed by atoms with Gasteiger partial charge in [0.15, 0.2) is 0 Å². The first-order valence-electron chi connectivity index (χ1n) is 11.7. The number of urea groups is 1. The van der Waals surface area contributed by atoms with E-state index in [9.17, 15) is 9.59 Å². The number of benzene rings is 3. The molecule has 0 aliphatic carbocycles. The molecule has 3 amide bonds. The summed E-state index contributed by atoms with van der Waals surface area (Å²) >= 11 is 0. The molecule has 0 radical (unpaired) electrons. The maximum absolute atomic E-state index is 13.4. The predicted molar refractivity (Wildman–Crippen MR) is 136 cm³/mol. The van der Waals surface area contributed by atoms with Crippen LogP contribution in [-0.4, -0.2) is 62.1 Å². The third-order valence-corrected chi connectivity index (χ3v) is 6.18. The van der Waals surface area contributed by atoms with E-state index in [-0.39, 0.29) is 18.5 Å². The Hall–Kier alpha value is -4.00. The van der Waals surface area contributed by atoms with E-state index in [2.05, 4.69) is 12.1 Å². The lowest BCUT2D eigenvalue weighted by atomic mass is 10.1. The van der Waals surface area contributed by atoms with Gasteiger partial charge in [-0.15, -0.1) is 0 Å². The largest absolute Gasteiger partial charge is 0.497 e. The van der Waals surface area contributed by atoms with E-state index in [1.807, 2.05) is 53.4 Å². The van der Waals surface area contributed by atoms with E-state index in [4.69, 9.17) is 9.47 Å². The number of methoxy groups -OCH3 is 2. The summed E-state index contributed by atoms with van der Waals surface area (Å²) in [6.07, 6.45) is 0.750. The molecule has 1 heterocycles. The molecule has 0 aromatic heterocycles. The highest BCUT2D eigenvalue weighted by molar-refractivity contribution is 5.98. The van der Waals surface area contributed by atoms with Crippen LogP contribution in [0.3, 0.4) is 0 Å². The first-order chi connectivity index (χ1) is 17.1.